The highest BCUT2D eigenvalue weighted by atomic mass is 19.4. The molecule has 1 amide bonds. The molecule has 0 fully saturated rings. The van der Waals surface area contributed by atoms with Crippen LogP contribution in [0.2, 0.25) is 0 Å². The van der Waals surface area contributed by atoms with Crippen LogP contribution in [0.25, 0.3) is 0 Å². The molecule has 2 heterocycles. The summed E-state index contributed by atoms with van der Waals surface area (Å²) < 4.78 is 54.1. The van der Waals surface area contributed by atoms with E-state index in [0.29, 0.717) is 31.1 Å². The van der Waals surface area contributed by atoms with Gasteiger partial charge < -0.3 is 9.88 Å². The maximum absolute atomic E-state index is 14.3. The first kappa shape index (κ1) is 21.8. The van der Waals surface area contributed by atoms with Crippen molar-refractivity contribution >= 4 is 17.3 Å². The van der Waals surface area contributed by atoms with Gasteiger partial charge in [-0.1, -0.05) is 13.8 Å². The van der Waals surface area contributed by atoms with Crippen LogP contribution in [-0.4, -0.2) is 17.1 Å². The Morgan fingerprint density at radius 2 is 1.97 bits per heavy atom. The van der Waals surface area contributed by atoms with Crippen molar-refractivity contribution in [2.24, 2.45) is 5.92 Å². The number of nitrogens with zero attached hydrogens (tertiary/aromatic N) is 1. The zero-order chi connectivity index (χ0) is 22.1. The van der Waals surface area contributed by atoms with Crippen LogP contribution >= 0.6 is 0 Å². The maximum atomic E-state index is 14.3. The van der Waals surface area contributed by atoms with Gasteiger partial charge in [0.1, 0.15) is 5.82 Å². The fraction of sp³-hybridized carbons (Fsp3) is 0.400. The molecule has 0 bridgehead atoms. The molecule has 1 aromatic heterocycles. The number of rotatable bonds is 6. The van der Waals surface area contributed by atoms with E-state index in [-0.39, 0.29) is 29.5 Å². The molecule has 0 saturated carbocycles. The normalized spacial score (nSPS) is 13.4. The molecule has 6 nitrogen and oxygen atoms in total. The Labute approximate surface area is 169 Å². The van der Waals surface area contributed by atoms with Crippen molar-refractivity contribution in [1.29, 1.82) is 0 Å². The van der Waals surface area contributed by atoms with E-state index in [9.17, 15) is 27.2 Å². The van der Waals surface area contributed by atoms with Gasteiger partial charge in [0.15, 0.2) is 0 Å². The summed E-state index contributed by atoms with van der Waals surface area (Å²) in [7, 11) is 0. The van der Waals surface area contributed by atoms with Crippen LogP contribution in [0, 0.1) is 11.7 Å². The fourth-order valence-corrected chi connectivity index (χ4v) is 3.22. The summed E-state index contributed by atoms with van der Waals surface area (Å²) in [5.74, 6) is -1.63. The molecule has 0 spiro atoms. The lowest BCUT2D eigenvalue weighted by Gasteiger charge is -2.17. The van der Waals surface area contributed by atoms with Crippen molar-refractivity contribution in [2.45, 2.75) is 39.4 Å². The highest BCUT2D eigenvalue weighted by Gasteiger charge is 2.31. The molecule has 0 atom stereocenters. The van der Waals surface area contributed by atoms with Crippen molar-refractivity contribution in [3.63, 3.8) is 0 Å². The van der Waals surface area contributed by atoms with E-state index in [1.54, 1.807) is 0 Å². The Hall–Kier alpha value is -2.88. The standard InChI is InChI=1S/C20H21F4N3O3/c1-11(2)10-30-26-19(29)18-15(9-17(28)27-7-3-4-16(18)27)25-14-6-5-12(8-13(14)21)20(22,23)24/h5-6,8-9,11,25H,3-4,7,10H2,1-2H3,(H,26,29). The number of alkyl halides is 3. The third-order valence-electron chi connectivity index (χ3n) is 4.59. The van der Waals surface area contributed by atoms with Crippen LogP contribution in [0.4, 0.5) is 28.9 Å². The molecular formula is C20H21F4N3O3. The Bertz CT molecular complexity index is 1020. The van der Waals surface area contributed by atoms with Crippen LogP contribution in [-0.2, 0) is 24.0 Å². The highest BCUT2D eigenvalue weighted by Crippen LogP contribution is 2.33. The van der Waals surface area contributed by atoms with Gasteiger partial charge in [-0.2, -0.15) is 13.2 Å². The molecule has 0 radical (unpaired) electrons. The van der Waals surface area contributed by atoms with Crippen molar-refractivity contribution in [3.8, 4) is 0 Å². The van der Waals surface area contributed by atoms with Gasteiger partial charge >= 0.3 is 6.18 Å². The lowest BCUT2D eigenvalue weighted by atomic mass is 10.1. The molecule has 1 aliphatic rings. The number of hydroxylamine groups is 1. The number of benzene rings is 1. The van der Waals surface area contributed by atoms with Gasteiger partial charge in [0.25, 0.3) is 11.5 Å². The summed E-state index contributed by atoms with van der Waals surface area (Å²) in [6, 6.07) is 3.12. The topological polar surface area (TPSA) is 72.4 Å². The van der Waals surface area contributed by atoms with Crippen molar-refractivity contribution in [2.75, 3.05) is 11.9 Å². The lowest BCUT2D eigenvalue weighted by molar-refractivity contribution is -0.137. The average molecular weight is 427 g/mol. The third kappa shape index (κ3) is 4.64. The largest absolute Gasteiger partial charge is 0.416 e. The molecule has 1 aliphatic heterocycles. The van der Waals surface area contributed by atoms with Crippen molar-refractivity contribution in [3.05, 3.63) is 57.3 Å². The minimum atomic E-state index is -4.69. The number of carbonyl (C=O) groups excluding carboxylic acids is 1. The second kappa shape index (κ2) is 8.47. The SMILES string of the molecule is CC(C)CONC(=O)c1c(Nc2ccc(C(F)(F)F)cc2F)cc(=O)n2c1CCC2. The molecule has 30 heavy (non-hydrogen) atoms. The van der Waals surface area contributed by atoms with Crippen LogP contribution in [0.15, 0.2) is 29.1 Å². The number of pyridine rings is 1. The summed E-state index contributed by atoms with van der Waals surface area (Å²) in [6.07, 6.45) is -3.59. The minimum absolute atomic E-state index is 0.00236. The van der Waals surface area contributed by atoms with E-state index < -0.39 is 29.0 Å². The van der Waals surface area contributed by atoms with Crippen LogP contribution < -0.4 is 16.4 Å². The number of hydrogen-bond donors (Lipinski definition) is 2. The Kier molecular flexibility index (Phi) is 6.16. The van der Waals surface area contributed by atoms with E-state index >= 15 is 0 Å². The van der Waals surface area contributed by atoms with E-state index in [1.165, 1.54) is 4.57 Å². The van der Waals surface area contributed by atoms with Gasteiger partial charge in [0.2, 0.25) is 0 Å². The van der Waals surface area contributed by atoms with E-state index in [4.69, 9.17) is 4.84 Å². The first-order valence-electron chi connectivity index (χ1n) is 9.40. The van der Waals surface area contributed by atoms with Crippen LogP contribution in [0.1, 0.15) is 41.9 Å². The van der Waals surface area contributed by atoms with E-state index in [2.05, 4.69) is 10.8 Å². The number of aromatic nitrogens is 1. The average Bonchev–Trinajstić information content (AvgIpc) is 3.12. The van der Waals surface area contributed by atoms with Gasteiger partial charge in [-0.05, 0) is 37.0 Å². The molecule has 2 aromatic rings. The van der Waals surface area contributed by atoms with Crippen molar-refractivity contribution < 1.29 is 27.2 Å². The smallest absolute Gasteiger partial charge is 0.352 e. The Balaban J connectivity index is 1.97. The Morgan fingerprint density at radius 1 is 1.23 bits per heavy atom. The van der Waals surface area contributed by atoms with E-state index in [1.807, 2.05) is 13.8 Å². The zero-order valence-corrected chi connectivity index (χ0v) is 16.4. The number of fused-ring (bicyclic) bond motifs is 1. The highest BCUT2D eigenvalue weighted by molar-refractivity contribution is 6.01. The molecule has 1 aromatic carbocycles. The molecule has 162 valence electrons. The minimum Gasteiger partial charge on any atom is -0.352 e. The van der Waals surface area contributed by atoms with E-state index in [0.717, 1.165) is 18.2 Å². The maximum Gasteiger partial charge on any atom is 0.416 e. The second-order valence-corrected chi connectivity index (χ2v) is 7.43. The van der Waals surface area contributed by atoms with Gasteiger partial charge in [0, 0.05) is 18.3 Å². The molecule has 0 unspecified atom stereocenters. The predicted octanol–water partition coefficient (Wildman–Crippen LogP) is 4.01. The van der Waals surface area contributed by atoms with Crippen molar-refractivity contribution in [1.82, 2.24) is 10.0 Å². The van der Waals surface area contributed by atoms with Crippen LogP contribution in [0.3, 0.4) is 0 Å². The number of nitrogens with one attached hydrogen (secondary N) is 2. The van der Waals surface area contributed by atoms with Crippen LogP contribution in [0.5, 0.6) is 0 Å². The summed E-state index contributed by atoms with van der Waals surface area (Å²) in [4.78, 5) is 30.3. The summed E-state index contributed by atoms with van der Waals surface area (Å²) in [6.45, 7) is 4.49. The monoisotopic (exact) mass is 427 g/mol. The first-order chi connectivity index (χ1) is 14.1. The Morgan fingerprint density at radius 3 is 2.60 bits per heavy atom. The second-order valence-electron chi connectivity index (χ2n) is 7.43. The molecule has 3 rings (SSSR count). The number of halogens is 4. The van der Waals surface area contributed by atoms with Gasteiger partial charge in [0.05, 0.1) is 29.1 Å². The van der Waals surface area contributed by atoms with Gasteiger partial charge in [-0.25, -0.2) is 9.87 Å². The summed E-state index contributed by atoms with van der Waals surface area (Å²) >= 11 is 0. The molecule has 10 heteroatoms. The van der Waals surface area contributed by atoms with Gasteiger partial charge in [-0.15, -0.1) is 0 Å². The first-order valence-corrected chi connectivity index (χ1v) is 9.40. The quantitative estimate of drug-likeness (QED) is 0.540. The zero-order valence-electron chi connectivity index (χ0n) is 16.4. The molecule has 0 aliphatic carbocycles. The third-order valence-corrected chi connectivity index (χ3v) is 4.59. The number of carbonyl (C=O) groups is 1. The predicted molar refractivity (Wildman–Crippen MR) is 102 cm³/mol. The molecule has 0 saturated heterocycles. The number of hydrogen-bond acceptors (Lipinski definition) is 4. The van der Waals surface area contributed by atoms with Gasteiger partial charge in [-0.3, -0.25) is 14.4 Å². The number of anilines is 2. The summed E-state index contributed by atoms with van der Waals surface area (Å²) in [5, 5.41) is 2.60. The number of amides is 1. The summed E-state index contributed by atoms with van der Waals surface area (Å²) in [5.41, 5.74) is 1.04. The molecule has 2 N–H and O–H groups in total. The fourth-order valence-electron chi connectivity index (χ4n) is 3.22. The molecular weight excluding hydrogens is 406 g/mol. The lowest BCUT2D eigenvalue weighted by Crippen LogP contribution is -2.30.